The van der Waals surface area contributed by atoms with Crippen LogP contribution in [0.1, 0.15) is 54.7 Å². The molecule has 19 heavy (non-hydrogen) atoms. The van der Waals surface area contributed by atoms with Gasteiger partial charge in [-0.15, -0.1) is 11.3 Å². The van der Waals surface area contributed by atoms with Crippen LogP contribution in [0.5, 0.6) is 0 Å². The maximum absolute atomic E-state index is 4.76. The maximum Gasteiger partial charge on any atom is 0.114 e. The van der Waals surface area contributed by atoms with E-state index in [0.717, 1.165) is 17.2 Å². The number of aromatic nitrogens is 2. The van der Waals surface area contributed by atoms with E-state index in [1.165, 1.54) is 11.3 Å². The Morgan fingerprint density at radius 2 is 2.11 bits per heavy atom. The predicted molar refractivity (Wildman–Crippen MR) is 80.7 cm³/mol. The van der Waals surface area contributed by atoms with Gasteiger partial charge in [0, 0.05) is 17.3 Å². The summed E-state index contributed by atoms with van der Waals surface area (Å²) in [5, 5.41) is 6.77. The van der Waals surface area contributed by atoms with Gasteiger partial charge < -0.3 is 5.32 Å². The number of thiazole rings is 1. The van der Waals surface area contributed by atoms with Crippen molar-refractivity contribution < 1.29 is 0 Å². The van der Waals surface area contributed by atoms with Gasteiger partial charge in [0.15, 0.2) is 0 Å². The Kier molecular flexibility index (Phi) is 4.66. The Labute approximate surface area is 119 Å². The van der Waals surface area contributed by atoms with E-state index in [1.807, 2.05) is 13.1 Å². The van der Waals surface area contributed by atoms with Crippen molar-refractivity contribution in [2.45, 2.75) is 39.7 Å². The van der Waals surface area contributed by atoms with Crippen molar-refractivity contribution in [1.29, 1.82) is 0 Å². The summed E-state index contributed by atoms with van der Waals surface area (Å²) in [6.07, 6.45) is 1.94. The van der Waals surface area contributed by atoms with Crippen molar-refractivity contribution in [1.82, 2.24) is 15.3 Å². The molecular formula is C15H21N3S. The molecule has 0 bridgehead atoms. The van der Waals surface area contributed by atoms with Gasteiger partial charge in [0.25, 0.3) is 0 Å². The quantitative estimate of drug-likeness (QED) is 0.904. The number of aryl methyl sites for hydroxylation is 1. The molecule has 2 aromatic rings. The SMILES string of the molecule is CCNC(c1ccc(C)nc1)c1nc(C(C)C)cs1. The summed E-state index contributed by atoms with van der Waals surface area (Å²) in [5.41, 5.74) is 3.39. The minimum Gasteiger partial charge on any atom is -0.304 e. The summed E-state index contributed by atoms with van der Waals surface area (Å²) in [4.78, 5) is 9.14. The monoisotopic (exact) mass is 275 g/mol. The first-order chi connectivity index (χ1) is 9.11. The van der Waals surface area contributed by atoms with Crippen molar-refractivity contribution in [2.24, 2.45) is 0 Å². The minimum atomic E-state index is 0.149. The lowest BCUT2D eigenvalue weighted by atomic mass is 10.1. The molecular weight excluding hydrogens is 254 g/mol. The van der Waals surface area contributed by atoms with E-state index in [9.17, 15) is 0 Å². The third-order valence-electron chi connectivity index (χ3n) is 3.05. The van der Waals surface area contributed by atoms with E-state index in [2.05, 4.69) is 48.6 Å². The fourth-order valence-corrected chi connectivity index (χ4v) is 2.98. The highest BCUT2D eigenvalue weighted by molar-refractivity contribution is 7.09. The second-order valence-electron chi connectivity index (χ2n) is 4.99. The number of rotatable bonds is 5. The molecule has 4 heteroatoms. The van der Waals surface area contributed by atoms with E-state index in [0.29, 0.717) is 5.92 Å². The first-order valence-corrected chi connectivity index (χ1v) is 7.61. The molecule has 0 radical (unpaired) electrons. The first-order valence-electron chi connectivity index (χ1n) is 6.73. The molecule has 1 N–H and O–H groups in total. The lowest BCUT2D eigenvalue weighted by Crippen LogP contribution is -2.22. The molecule has 1 unspecified atom stereocenters. The third-order valence-corrected chi connectivity index (χ3v) is 3.98. The molecule has 102 valence electrons. The molecule has 0 aromatic carbocycles. The summed E-state index contributed by atoms with van der Waals surface area (Å²) >= 11 is 1.72. The van der Waals surface area contributed by atoms with Crippen molar-refractivity contribution in [2.75, 3.05) is 6.54 Å². The van der Waals surface area contributed by atoms with Gasteiger partial charge in [-0.25, -0.2) is 4.98 Å². The van der Waals surface area contributed by atoms with Crippen LogP contribution in [-0.2, 0) is 0 Å². The van der Waals surface area contributed by atoms with Gasteiger partial charge in [0.05, 0.1) is 11.7 Å². The molecule has 0 saturated heterocycles. The molecule has 3 nitrogen and oxygen atoms in total. The van der Waals surface area contributed by atoms with Crippen LogP contribution in [0.15, 0.2) is 23.7 Å². The summed E-state index contributed by atoms with van der Waals surface area (Å²) in [6, 6.07) is 4.33. The predicted octanol–water partition coefficient (Wildman–Crippen LogP) is 3.67. The van der Waals surface area contributed by atoms with E-state index < -0.39 is 0 Å². The van der Waals surface area contributed by atoms with E-state index >= 15 is 0 Å². The summed E-state index contributed by atoms with van der Waals surface area (Å²) < 4.78 is 0. The number of nitrogens with zero attached hydrogens (tertiary/aromatic N) is 2. The Bertz CT molecular complexity index is 516. The summed E-state index contributed by atoms with van der Waals surface area (Å²) in [7, 11) is 0. The smallest absolute Gasteiger partial charge is 0.114 e. The van der Waals surface area contributed by atoms with Crippen LogP contribution in [-0.4, -0.2) is 16.5 Å². The normalized spacial score (nSPS) is 12.9. The van der Waals surface area contributed by atoms with Crippen LogP contribution >= 0.6 is 11.3 Å². The van der Waals surface area contributed by atoms with Crippen LogP contribution in [0.4, 0.5) is 0 Å². The Morgan fingerprint density at radius 1 is 1.32 bits per heavy atom. The van der Waals surface area contributed by atoms with E-state index in [-0.39, 0.29) is 6.04 Å². The van der Waals surface area contributed by atoms with Gasteiger partial charge in [0.1, 0.15) is 5.01 Å². The Balaban J connectivity index is 2.30. The van der Waals surface area contributed by atoms with Crippen LogP contribution in [0.3, 0.4) is 0 Å². The van der Waals surface area contributed by atoms with Gasteiger partial charge >= 0.3 is 0 Å². The topological polar surface area (TPSA) is 37.8 Å². The third kappa shape index (κ3) is 3.39. The number of pyridine rings is 1. The van der Waals surface area contributed by atoms with Crippen LogP contribution in [0, 0.1) is 6.92 Å². The summed E-state index contributed by atoms with van der Waals surface area (Å²) in [6.45, 7) is 9.38. The van der Waals surface area contributed by atoms with Crippen LogP contribution < -0.4 is 5.32 Å². The van der Waals surface area contributed by atoms with Crippen molar-refractivity contribution in [3.05, 3.63) is 45.7 Å². The lowest BCUT2D eigenvalue weighted by molar-refractivity contribution is 0.621. The molecule has 2 heterocycles. The average molecular weight is 275 g/mol. The zero-order valence-electron chi connectivity index (χ0n) is 12.0. The first kappa shape index (κ1) is 14.2. The standard InChI is InChI=1S/C15H21N3S/c1-5-16-14(12-7-6-11(4)17-8-12)15-18-13(9-19-15)10(2)3/h6-10,14,16H,5H2,1-4H3. The zero-order valence-corrected chi connectivity index (χ0v) is 12.8. The maximum atomic E-state index is 4.76. The Morgan fingerprint density at radius 3 is 2.63 bits per heavy atom. The van der Waals surface area contributed by atoms with Gasteiger partial charge in [-0.2, -0.15) is 0 Å². The molecule has 2 aromatic heterocycles. The van der Waals surface area contributed by atoms with Gasteiger partial charge in [-0.05, 0) is 31.0 Å². The second-order valence-corrected chi connectivity index (χ2v) is 5.88. The minimum absolute atomic E-state index is 0.149. The largest absolute Gasteiger partial charge is 0.304 e. The van der Waals surface area contributed by atoms with Crippen LogP contribution in [0.25, 0.3) is 0 Å². The highest BCUT2D eigenvalue weighted by atomic mass is 32.1. The summed E-state index contributed by atoms with van der Waals surface area (Å²) in [5.74, 6) is 0.475. The highest BCUT2D eigenvalue weighted by Gasteiger charge is 2.17. The van der Waals surface area contributed by atoms with Crippen LogP contribution in [0.2, 0.25) is 0 Å². The molecule has 0 aliphatic heterocycles. The van der Waals surface area contributed by atoms with Crippen molar-refractivity contribution in [3.8, 4) is 0 Å². The Hall–Kier alpha value is -1.26. The second kappa shape index (κ2) is 6.26. The molecule has 0 aliphatic carbocycles. The molecule has 0 saturated carbocycles. The lowest BCUT2D eigenvalue weighted by Gasteiger charge is -2.15. The number of hydrogen-bond donors (Lipinski definition) is 1. The van der Waals surface area contributed by atoms with Crippen molar-refractivity contribution in [3.63, 3.8) is 0 Å². The van der Waals surface area contributed by atoms with E-state index in [4.69, 9.17) is 4.98 Å². The number of nitrogens with one attached hydrogen (secondary N) is 1. The van der Waals surface area contributed by atoms with Gasteiger partial charge in [-0.3, -0.25) is 4.98 Å². The van der Waals surface area contributed by atoms with Crippen molar-refractivity contribution >= 4 is 11.3 Å². The highest BCUT2D eigenvalue weighted by Crippen LogP contribution is 2.27. The zero-order chi connectivity index (χ0) is 13.8. The van der Waals surface area contributed by atoms with E-state index in [1.54, 1.807) is 11.3 Å². The molecule has 0 fully saturated rings. The van der Waals surface area contributed by atoms with Gasteiger partial charge in [0.2, 0.25) is 0 Å². The number of hydrogen-bond acceptors (Lipinski definition) is 4. The molecule has 1 atom stereocenters. The molecule has 0 amide bonds. The molecule has 0 aliphatic rings. The average Bonchev–Trinajstić information content (AvgIpc) is 2.87. The molecule has 2 rings (SSSR count). The van der Waals surface area contributed by atoms with Gasteiger partial charge in [-0.1, -0.05) is 26.8 Å². The molecule has 0 spiro atoms. The fraction of sp³-hybridized carbons (Fsp3) is 0.467. The fourth-order valence-electron chi connectivity index (χ4n) is 1.90.